The van der Waals surface area contributed by atoms with E-state index < -0.39 is 5.97 Å². The maximum absolute atomic E-state index is 11.6. The van der Waals surface area contributed by atoms with Gasteiger partial charge in [0.25, 0.3) is 0 Å². The van der Waals surface area contributed by atoms with Gasteiger partial charge in [-0.15, -0.1) is 0 Å². The molecule has 0 amide bonds. The number of aromatic nitrogens is 3. The number of ether oxygens (including phenoxy) is 1. The maximum atomic E-state index is 11.6. The standard InChI is InChI=1S/C10H8BrN3O2/c1-16-10(15)8-6-7(11)2-3-9(8)14-12-4-5-13-14/h2-6H,1H3. The fraction of sp³-hybridized carbons (Fsp3) is 0.100. The van der Waals surface area contributed by atoms with Crippen LogP contribution in [0.5, 0.6) is 0 Å². The zero-order chi connectivity index (χ0) is 11.5. The first-order chi connectivity index (χ1) is 7.72. The summed E-state index contributed by atoms with van der Waals surface area (Å²) in [5, 5.41) is 7.95. The number of hydrogen-bond donors (Lipinski definition) is 0. The molecule has 1 aromatic carbocycles. The Bertz CT molecular complexity index is 511. The van der Waals surface area contributed by atoms with Crippen LogP contribution in [0.1, 0.15) is 10.4 Å². The van der Waals surface area contributed by atoms with Crippen LogP contribution in [0.25, 0.3) is 5.69 Å². The largest absolute Gasteiger partial charge is 0.465 e. The minimum Gasteiger partial charge on any atom is -0.465 e. The van der Waals surface area contributed by atoms with E-state index in [1.54, 1.807) is 24.5 Å². The summed E-state index contributed by atoms with van der Waals surface area (Å²) in [6.45, 7) is 0. The highest BCUT2D eigenvalue weighted by Gasteiger charge is 2.14. The highest BCUT2D eigenvalue weighted by atomic mass is 79.9. The molecule has 5 nitrogen and oxygen atoms in total. The number of carbonyl (C=O) groups excluding carboxylic acids is 1. The van der Waals surface area contributed by atoms with Gasteiger partial charge in [-0.3, -0.25) is 0 Å². The Hall–Kier alpha value is -1.69. The van der Waals surface area contributed by atoms with Gasteiger partial charge in [-0.05, 0) is 18.2 Å². The predicted octanol–water partition coefficient (Wildman–Crippen LogP) is 1.82. The van der Waals surface area contributed by atoms with Crippen molar-refractivity contribution in [2.45, 2.75) is 0 Å². The van der Waals surface area contributed by atoms with E-state index in [2.05, 4.69) is 26.1 Å². The lowest BCUT2D eigenvalue weighted by Gasteiger charge is -2.06. The number of methoxy groups -OCH3 is 1. The van der Waals surface area contributed by atoms with Crippen molar-refractivity contribution in [2.24, 2.45) is 0 Å². The second-order valence-electron chi connectivity index (χ2n) is 2.97. The van der Waals surface area contributed by atoms with Gasteiger partial charge in [0.15, 0.2) is 0 Å². The number of benzene rings is 1. The molecule has 0 N–H and O–H groups in total. The van der Waals surface area contributed by atoms with Crippen molar-refractivity contribution in [3.63, 3.8) is 0 Å². The van der Waals surface area contributed by atoms with Crippen LogP contribution in [0.4, 0.5) is 0 Å². The lowest BCUT2D eigenvalue weighted by molar-refractivity contribution is 0.0600. The predicted molar refractivity (Wildman–Crippen MR) is 60.4 cm³/mol. The van der Waals surface area contributed by atoms with Gasteiger partial charge in [0.2, 0.25) is 0 Å². The number of hydrogen-bond acceptors (Lipinski definition) is 4. The van der Waals surface area contributed by atoms with E-state index in [1.807, 2.05) is 6.07 Å². The molecule has 0 fully saturated rings. The van der Waals surface area contributed by atoms with Gasteiger partial charge in [0.1, 0.15) is 5.69 Å². The molecule has 0 spiro atoms. The third-order valence-corrected chi connectivity index (χ3v) is 2.49. The van der Waals surface area contributed by atoms with Gasteiger partial charge in [0, 0.05) is 4.47 Å². The summed E-state index contributed by atoms with van der Waals surface area (Å²) < 4.78 is 5.50. The molecule has 0 radical (unpaired) electrons. The molecule has 1 aromatic heterocycles. The Balaban J connectivity index is 2.57. The number of halogens is 1. The first-order valence-corrected chi connectivity index (χ1v) is 5.26. The van der Waals surface area contributed by atoms with E-state index in [9.17, 15) is 4.79 Å². The number of nitrogens with zero attached hydrogens (tertiary/aromatic N) is 3. The minimum absolute atomic E-state index is 0.410. The SMILES string of the molecule is COC(=O)c1cc(Br)ccc1-n1nccn1. The van der Waals surface area contributed by atoms with Gasteiger partial charge < -0.3 is 4.74 Å². The van der Waals surface area contributed by atoms with E-state index in [0.717, 1.165) is 4.47 Å². The van der Waals surface area contributed by atoms with E-state index >= 15 is 0 Å². The van der Waals surface area contributed by atoms with Crippen molar-refractivity contribution in [1.82, 2.24) is 15.0 Å². The molecule has 6 heteroatoms. The number of carbonyl (C=O) groups is 1. The molecule has 0 unspecified atom stereocenters. The molecule has 1 heterocycles. The van der Waals surface area contributed by atoms with Crippen molar-refractivity contribution in [2.75, 3.05) is 7.11 Å². The topological polar surface area (TPSA) is 57.0 Å². The van der Waals surface area contributed by atoms with Gasteiger partial charge >= 0.3 is 5.97 Å². The molecule has 0 saturated heterocycles. The number of esters is 1. The van der Waals surface area contributed by atoms with Gasteiger partial charge in [-0.2, -0.15) is 15.0 Å². The first-order valence-electron chi connectivity index (χ1n) is 4.47. The molecular weight excluding hydrogens is 274 g/mol. The third-order valence-electron chi connectivity index (χ3n) is 2.00. The van der Waals surface area contributed by atoms with Crippen LogP contribution in [0.15, 0.2) is 35.1 Å². The van der Waals surface area contributed by atoms with Crippen LogP contribution in [0.3, 0.4) is 0 Å². The van der Waals surface area contributed by atoms with Gasteiger partial charge in [-0.25, -0.2) is 4.79 Å². The highest BCUT2D eigenvalue weighted by Crippen LogP contribution is 2.19. The van der Waals surface area contributed by atoms with Crippen molar-refractivity contribution in [3.05, 3.63) is 40.6 Å². The Morgan fingerprint density at radius 2 is 2.06 bits per heavy atom. The summed E-state index contributed by atoms with van der Waals surface area (Å²) in [6, 6.07) is 5.23. The van der Waals surface area contributed by atoms with Crippen molar-refractivity contribution in [1.29, 1.82) is 0 Å². The van der Waals surface area contributed by atoms with Crippen LogP contribution in [0.2, 0.25) is 0 Å². The van der Waals surface area contributed by atoms with E-state index in [4.69, 9.17) is 4.74 Å². The molecule has 0 atom stereocenters. The maximum Gasteiger partial charge on any atom is 0.340 e. The van der Waals surface area contributed by atoms with Gasteiger partial charge in [-0.1, -0.05) is 15.9 Å². The fourth-order valence-corrected chi connectivity index (χ4v) is 1.66. The molecule has 82 valence electrons. The zero-order valence-corrected chi connectivity index (χ0v) is 10.0. The number of rotatable bonds is 2. The summed E-state index contributed by atoms with van der Waals surface area (Å²) in [7, 11) is 1.34. The van der Waals surface area contributed by atoms with E-state index in [-0.39, 0.29) is 0 Å². The van der Waals surface area contributed by atoms with Crippen LogP contribution in [-0.4, -0.2) is 28.1 Å². The smallest absolute Gasteiger partial charge is 0.340 e. The summed E-state index contributed by atoms with van der Waals surface area (Å²) >= 11 is 3.30. The molecule has 0 aliphatic heterocycles. The zero-order valence-electron chi connectivity index (χ0n) is 8.42. The molecular formula is C10H8BrN3O2. The van der Waals surface area contributed by atoms with Crippen molar-refractivity contribution >= 4 is 21.9 Å². The Morgan fingerprint density at radius 1 is 1.38 bits per heavy atom. The Morgan fingerprint density at radius 3 is 2.69 bits per heavy atom. The van der Waals surface area contributed by atoms with Crippen molar-refractivity contribution in [3.8, 4) is 5.69 Å². The van der Waals surface area contributed by atoms with Gasteiger partial charge in [0.05, 0.1) is 25.1 Å². The fourth-order valence-electron chi connectivity index (χ4n) is 1.30. The first kappa shape index (κ1) is 10.8. The van der Waals surface area contributed by atoms with Crippen LogP contribution < -0.4 is 0 Å². The minimum atomic E-state index is -0.423. The average Bonchev–Trinajstić information content (AvgIpc) is 2.81. The molecule has 2 aromatic rings. The third kappa shape index (κ3) is 1.96. The van der Waals surface area contributed by atoms with E-state index in [1.165, 1.54) is 11.9 Å². The lowest BCUT2D eigenvalue weighted by Crippen LogP contribution is -2.09. The Labute approximate surface area is 100 Å². The van der Waals surface area contributed by atoms with Crippen LogP contribution in [0, 0.1) is 0 Å². The monoisotopic (exact) mass is 281 g/mol. The van der Waals surface area contributed by atoms with Crippen LogP contribution in [-0.2, 0) is 4.74 Å². The molecule has 0 aliphatic carbocycles. The van der Waals surface area contributed by atoms with Crippen molar-refractivity contribution < 1.29 is 9.53 Å². The highest BCUT2D eigenvalue weighted by molar-refractivity contribution is 9.10. The summed E-state index contributed by atoms with van der Waals surface area (Å²) in [6.07, 6.45) is 3.09. The summed E-state index contributed by atoms with van der Waals surface area (Å²) in [4.78, 5) is 12.9. The molecule has 0 bridgehead atoms. The second kappa shape index (κ2) is 4.44. The normalized spacial score (nSPS) is 10.1. The molecule has 0 saturated carbocycles. The Kier molecular flexibility index (Phi) is 3.00. The quantitative estimate of drug-likeness (QED) is 0.788. The lowest BCUT2D eigenvalue weighted by atomic mass is 10.2. The van der Waals surface area contributed by atoms with E-state index in [0.29, 0.717) is 11.3 Å². The molecule has 16 heavy (non-hydrogen) atoms. The summed E-state index contributed by atoms with van der Waals surface area (Å²) in [5.41, 5.74) is 0.994. The van der Waals surface area contributed by atoms with Crippen LogP contribution >= 0.6 is 15.9 Å². The molecule has 2 rings (SSSR count). The second-order valence-corrected chi connectivity index (χ2v) is 3.89. The molecule has 0 aliphatic rings. The summed E-state index contributed by atoms with van der Waals surface area (Å²) in [5.74, 6) is -0.423. The average molecular weight is 282 g/mol.